The Labute approximate surface area is 123 Å². The van der Waals surface area contributed by atoms with Gasteiger partial charge >= 0.3 is 0 Å². The largest absolute Gasteiger partial charge is 0.394 e. The quantitative estimate of drug-likeness (QED) is 0.720. The van der Waals surface area contributed by atoms with Gasteiger partial charge in [0.1, 0.15) is 0 Å². The molecule has 0 aromatic carbocycles. The van der Waals surface area contributed by atoms with Gasteiger partial charge in [-0.2, -0.15) is 5.10 Å². The maximum Gasteiger partial charge on any atom is 0.0625 e. The number of rotatable bonds is 8. The van der Waals surface area contributed by atoms with Crippen LogP contribution in [0.1, 0.15) is 57.0 Å². The normalized spacial score (nSPS) is 14.8. The van der Waals surface area contributed by atoms with E-state index in [0.29, 0.717) is 6.04 Å². The van der Waals surface area contributed by atoms with Crippen LogP contribution in [0.5, 0.6) is 0 Å². The maximum absolute atomic E-state index is 9.55. The van der Waals surface area contributed by atoms with Crippen molar-refractivity contribution in [3.8, 4) is 0 Å². The van der Waals surface area contributed by atoms with Crippen molar-refractivity contribution in [2.24, 2.45) is 0 Å². The molecule has 1 aromatic heterocycles. The summed E-state index contributed by atoms with van der Waals surface area (Å²) in [6.45, 7) is 13.8. The van der Waals surface area contributed by atoms with Crippen LogP contribution in [-0.2, 0) is 6.54 Å². The molecule has 2 N–H and O–H groups in total. The second kappa shape index (κ2) is 7.23. The molecule has 0 spiro atoms. The van der Waals surface area contributed by atoms with Crippen molar-refractivity contribution in [3.63, 3.8) is 0 Å². The minimum absolute atomic E-state index is 0.167. The van der Waals surface area contributed by atoms with Crippen LogP contribution >= 0.6 is 0 Å². The van der Waals surface area contributed by atoms with Crippen molar-refractivity contribution in [2.75, 3.05) is 6.61 Å². The molecular weight excluding hydrogens is 250 g/mol. The first kappa shape index (κ1) is 17.2. The van der Waals surface area contributed by atoms with E-state index in [2.05, 4.69) is 56.6 Å². The Kier molecular flexibility index (Phi) is 6.21. The molecule has 0 fully saturated rings. The molecule has 0 saturated carbocycles. The van der Waals surface area contributed by atoms with Crippen molar-refractivity contribution in [3.05, 3.63) is 17.0 Å². The zero-order valence-electron chi connectivity index (χ0n) is 14.0. The molecule has 0 amide bonds. The fourth-order valence-electron chi connectivity index (χ4n) is 2.67. The van der Waals surface area contributed by atoms with E-state index in [1.807, 2.05) is 0 Å². The number of unbranched alkanes of at least 4 members (excludes halogenated alkanes) is 1. The van der Waals surface area contributed by atoms with Gasteiger partial charge < -0.3 is 10.4 Å². The Hall–Kier alpha value is -0.870. The number of nitrogens with zero attached hydrogens (tertiary/aromatic N) is 2. The standard InChI is InChI=1S/C16H31N3O/c1-12(2)17-16(6,11-20)9-7-8-10-19-15(5)13(3)14(4)18-19/h12,17,20H,7-11H2,1-6H3. The number of aromatic nitrogens is 2. The predicted octanol–water partition coefficient (Wildman–Crippen LogP) is 2.73. The molecule has 0 aliphatic heterocycles. The third kappa shape index (κ3) is 4.60. The molecule has 20 heavy (non-hydrogen) atoms. The second-order valence-electron chi connectivity index (χ2n) is 6.49. The Morgan fingerprint density at radius 3 is 2.35 bits per heavy atom. The summed E-state index contributed by atoms with van der Waals surface area (Å²) in [6.07, 6.45) is 3.17. The molecule has 4 heteroatoms. The molecule has 1 unspecified atom stereocenters. The minimum Gasteiger partial charge on any atom is -0.394 e. The van der Waals surface area contributed by atoms with E-state index in [9.17, 15) is 5.11 Å². The highest BCUT2D eigenvalue weighted by atomic mass is 16.3. The van der Waals surface area contributed by atoms with Gasteiger partial charge in [-0.25, -0.2) is 0 Å². The molecule has 4 nitrogen and oxygen atoms in total. The first-order valence-electron chi connectivity index (χ1n) is 7.68. The Morgan fingerprint density at radius 2 is 1.90 bits per heavy atom. The summed E-state index contributed by atoms with van der Waals surface area (Å²) in [5.74, 6) is 0. The number of aliphatic hydroxyl groups excluding tert-OH is 1. The van der Waals surface area contributed by atoms with Crippen LogP contribution < -0.4 is 5.32 Å². The van der Waals surface area contributed by atoms with E-state index < -0.39 is 0 Å². The van der Waals surface area contributed by atoms with Gasteiger partial charge in [0.15, 0.2) is 0 Å². The summed E-state index contributed by atoms with van der Waals surface area (Å²) < 4.78 is 2.11. The van der Waals surface area contributed by atoms with Gasteiger partial charge in [0, 0.05) is 23.8 Å². The van der Waals surface area contributed by atoms with E-state index in [1.54, 1.807) is 0 Å². The number of hydrogen-bond donors (Lipinski definition) is 2. The van der Waals surface area contributed by atoms with Gasteiger partial charge in [-0.1, -0.05) is 13.8 Å². The topological polar surface area (TPSA) is 50.1 Å². The molecule has 0 aliphatic carbocycles. The summed E-state index contributed by atoms with van der Waals surface area (Å²) in [5, 5.41) is 17.6. The molecule has 116 valence electrons. The summed E-state index contributed by atoms with van der Waals surface area (Å²) in [5.41, 5.74) is 3.53. The second-order valence-corrected chi connectivity index (χ2v) is 6.49. The van der Waals surface area contributed by atoms with Crippen molar-refractivity contribution in [2.45, 2.75) is 78.9 Å². The Balaban J connectivity index is 2.42. The number of aliphatic hydroxyl groups is 1. The number of aryl methyl sites for hydroxylation is 2. The van der Waals surface area contributed by atoms with Crippen molar-refractivity contribution < 1.29 is 5.11 Å². The lowest BCUT2D eigenvalue weighted by Gasteiger charge is -2.31. The highest BCUT2D eigenvalue weighted by molar-refractivity contribution is 5.21. The fraction of sp³-hybridized carbons (Fsp3) is 0.812. The lowest BCUT2D eigenvalue weighted by molar-refractivity contribution is 0.153. The molecule has 0 bridgehead atoms. The molecular formula is C16H31N3O. The van der Waals surface area contributed by atoms with Gasteiger partial charge in [0.25, 0.3) is 0 Å². The van der Waals surface area contributed by atoms with Crippen molar-refractivity contribution in [1.82, 2.24) is 15.1 Å². The van der Waals surface area contributed by atoms with E-state index in [0.717, 1.165) is 31.5 Å². The first-order valence-corrected chi connectivity index (χ1v) is 7.68. The van der Waals surface area contributed by atoms with E-state index in [1.165, 1.54) is 11.3 Å². The summed E-state index contributed by atoms with van der Waals surface area (Å²) >= 11 is 0. The molecule has 1 heterocycles. The first-order chi connectivity index (χ1) is 9.29. The smallest absolute Gasteiger partial charge is 0.0625 e. The van der Waals surface area contributed by atoms with E-state index in [-0.39, 0.29) is 12.1 Å². The lowest BCUT2D eigenvalue weighted by atomic mass is 9.95. The number of nitrogens with one attached hydrogen (secondary N) is 1. The third-order valence-corrected chi connectivity index (χ3v) is 4.08. The van der Waals surface area contributed by atoms with Gasteiger partial charge in [0.05, 0.1) is 12.3 Å². The minimum atomic E-state index is -0.167. The van der Waals surface area contributed by atoms with Crippen LogP contribution in [0.25, 0.3) is 0 Å². The summed E-state index contributed by atoms with van der Waals surface area (Å²) in [4.78, 5) is 0. The zero-order chi connectivity index (χ0) is 15.3. The highest BCUT2D eigenvalue weighted by Gasteiger charge is 2.23. The van der Waals surface area contributed by atoms with Crippen LogP contribution in [0.3, 0.4) is 0 Å². The molecule has 1 rings (SSSR count). The average molecular weight is 281 g/mol. The monoisotopic (exact) mass is 281 g/mol. The Morgan fingerprint density at radius 1 is 1.25 bits per heavy atom. The van der Waals surface area contributed by atoms with Gasteiger partial charge in [0.2, 0.25) is 0 Å². The van der Waals surface area contributed by atoms with Gasteiger partial charge in [-0.15, -0.1) is 0 Å². The van der Waals surface area contributed by atoms with Crippen LogP contribution in [0.2, 0.25) is 0 Å². The van der Waals surface area contributed by atoms with Crippen molar-refractivity contribution in [1.29, 1.82) is 0 Å². The molecule has 1 aromatic rings. The predicted molar refractivity (Wildman–Crippen MR) is 84.1 cm³/mol. The molecule has 1 atom stereocenters. The summed E-state index contributed by atoms with van der Waals surface area (Å²) in [7, 11) is 0. The third-order valence-electron chi connectivity index (χ3n) is 4.08. The van der Waals surface area contributed by atoms with Gasteiger partial charge in [-0.05, 0) is 52.5 Å². The highest BCUT2D eigenvalue weighted by Crippen LogP contribution is 2.16. The van der Waals surface area contributed by atoms with E-state index >= 15 is 0 Å². The van der Waals surface area contributed by atoms with Crippen LogP contribution in [0.4, 0.5) is 0 Å². The van der Waals surface area contributed by atoms with Crippen LogP contribution in [0, 0.1) is 20.8 Å². The van der Waals surface area contributed by atoms with Gasteiger partial charge in [-0.3, -0.25) is 4.68 Å². The SMILES string of the molecule is Cc1nn(CCCCC(C)(CO)NC(C)C)c(C)c1C. The maximum atomic E-state index is 9.55. The molecule has 0 aliphatic rings. The number of hydrogen-bond acceptors (Lipinski definition) is 3. The van der Waals surface area contributed by atoms with Crippen molar-refractivity contribution >= 4 is 0 Å². The zero-order valence-corrected chi connectivity index (χ0v) is 14.0. The summed E-state index contributed by atoms with van der Waals surface area (Å²) in [6, 6.07) is 0.394. The molecule has 0 radical (unpaired) electrons. The lowest BCUT2D eigenvalue weighted by Crippen LogP contribution is -2.49. The van der Waals surface area contributed by atoms with Crippen LogP contribution in [0.15, 0.2) is 0 Å². The average Bonchev–Trinajstić information content (AvgIpc) is 2.61. The fourth-order valence-corrected chi connectivity index (χ4v) is 2.67. The van der Waals surface area contributed by atoms with Crippen LogP contribution in [-0.4, -0.2) is 33.1 Å². The van der Waals surface area contributed by atoms with E-state index in [4.69, 9.17) is 0 Å². The Bertz CT molecular complexity index is 426. The molecule has 0 saturated heterocycles.